The molecule has 0 radical (unpaired) electrons. The Morgan fingerprint density at radius 1 is 1.23 bits per heavy atom. The van der Waals surface area contributed by atoms with Gasteiger partial charge in [0, 0.05) is 21.3 Å². The predicted molar refractivity (Wildman–Crippen MR) is 123 cm³/mol. The Labute approximate surface area is 192 Å². The van der Waals surface area contributed by atoms with Crippen molar-refractivity contribution in [2.75, 3.05) is 5.32 Å². The summed E-state index contributed by atoms with van der Waals surface area (Å²) < 4.78 is 3.93. The summed E-state index contributed by atoms with van der Waals surface area (Å²) in [5, 5.41) is 11.1. The van der Waals surface area contributed by atoms with E-state index in [0.717, 1.165) is 34.2 Å². The van der Waals surface area contributed by atoms with Crippen LogP contribution >= 0.6 is 35.1 Å². The average molecular weight is 470 g/mol. The Balaban J connectivity index is 1.66. The van der Waals surface area contributed by atoms with Gasteiger partial charge in [-0.15, -0.1) is 0 Å². The maximum Gasteiger partial charge on any atom is 0.277 e. The number of anilines is 1. The van der Waals surface area contributed by atoms with Crippen molar-refractivity contribution in [2.45, 2.75) is 41.8 Å². The predicted octanol–water partition coefficient (Wildman–Crippen LogP) is 5.12. The molecule has 4 rings (SSSR count). The first-order valence-corrected chi connectivity index (χ1v) is 11.9. The van der Waals surface area contributed by atoms with Crippen LogP contribution in [0, 0.1) is 0 Å². The second-order valence-corrected chi connectivity index (χ2v) is 9.51. The number of aromatic nitrogens is 6. The molecule has 0 atom stereocenters. The van der Waals surface area contributed by atoms with Crippen molar-refractivity contribution in [1.82, 2.24) is 29.5 Å². The van der Waals surface area contributed by atoms with Gasteiger partial charge in [0.05, 0.1) is 0 Å². The molecule has 31 heavy (non-hydrogen) atoms. The standard InChI is InChI=1S/C20H19N7OS3/c1-3-13-8-12(2)4-5-14(9-13)29-15-6-7-16(30-20-21-10-23-27-20)25-17(15)18(28)26-19-22-11-24-31-19/h4-7,9-11H,3,8H2,1-2H3,(H,21,23,27)(H,22,24,26,28). The number of hydrogen-bond donors (Lipinski definition) is 2. The van der Waals surface area contributed by atoms with Gasteiger partial charge >= 0.3 is 0 Å². The molecule has 1 aliphatic carbocycles. The lowest BCUT2D eigenvalue weighted by molar-refractivity contribution is 0.101. The summed E-state index contributed by atoms with van der Waals surface area (Å²) in [6.45, 7) is 4.29. The van der Waals surface area contributed by atoms with Crippen molar-refractivity contribution >= 4 is 46.1 Å². The molecule has 1 amide bonds. The molecule has 8 nitrogen and oxygen atoms in total. The van der Waals surface area contributed by atoms with E-state index in [2.05, 4.69) is 66.9 Å². The Morgan fingerprint density at radius 3 is 2.87 bits per heavy atom. The summed E-state index contributed by atoms with van der Waals surface area (Å²) >= 11 is 3.94. The lowest BCUT2D eigenvalue weighted by Crippen LogP contribution is -2.15. The quantitative estimate of drug-likeness (QED) is 0.491. The van der Waals surface area contributed by atoms with Crippen LogP contribution in [0.5, 0.6) is 0 Å². The Hall–Kier alpha value is -2.76. The van der Waals surface area contributed by atoms with E-state index in [-0.39, 0.29) is 5.91 Å². The van der Waals surface area contributed by atoms with Gasteiger partial charge in [-0.25, -0.2) is 15.0 Å². The molecule has 3 aromatic heterocycles. The largest absolute Gasteiger partial charge is 0.295 e. The minimum Gasteiger partial charge on any atom is -0.295 e. The first-order chi connectivity index (χ1) is 15.1. The van der Waals surface area contributed by atoms with E-state index in [1.165, 1.54) is 47.3 Å². The number of rotatable bonds is 7. The molecule has 0 fully saturated rings. The number of amides is 1. The molecule has 0 aliphatic heterocycles. The molecule has 158 valence electrons. The first kappa shape index (κ1) is 21.5. The smallest absolute Gasteiger partial charge is 0.277 e. The number of aromatic amines is 1. The van der Waals surface area contributed by atoms with Gasteiger partial charge in [-0.1, -0.05) is 35.9 Å². The maximum absolute atomic E-state index is 13.0. The SMILES string of the molecule is CCC1=CC(Sc2ccc(Sc3ncn[nH]3)nc2C(=O)Nc2ncns2)=CC=C(C)C1. The molecule has 3 aromatic rings. The number of H-pyrrole nitrogens is 1. The lowest BCUT2D eigenvalue weighted by atomic mass is 10.1. The zero-order chi connectivity index (χ0) is 21.6. The summed E-state index contributed by atoms with van der Waals surface area (Å²) in [5.74, 6) is -0.333. The van der Waals surface area contributed by atoms with E-state index in [9.17, 15) is 4.79 Å². The third-order valence-corrected chi connectivity index (χ3v) is 6.74. The first-order valence-electron chi connectivity index (χ1n) is 9.47. The number of nitrogens with one attached hydrogen (secondary N) is 2. The van der Waals surface area contributed by atoms with Crippen molar-refractivity contribution in [3.63, 3.8) is 0 Å². The van der Waals surface area contributed by atoms with E-state index in [0.29, 0.717) is 21.0 Å². The van der Waals surface area contributed by atoms with Crippen LogP contribution in [0.4, 0.5) is 5.13 Å². The molecule has 1 aliphatic rings. The molecular weight excluding hydrogens is 450 g/mol. The number of nitrogens with zero attached hydrogens (tertiary/aromatic N) is 5. The van der Waals surface area contributed by atoms with E-state index in [1.807, 2.05) is 12.1 Å². The molecule has 0 saturated carbocycles. The van der Waals surface area contributed by atoms with Gasteiger partial charge in [0.25, 0.3) is 5.91 Å². The number of hydrogen-bond acceptors (Lipinski definition) is 9. The summed E-state index contributed by atoms with van der Waals surface area (Å²) in [6.07, 6.45) is 11.2. The Bertz CT molecular complexity index is 1150. The van der Waals surface area contributed by atoms with Crippen molar-refractivity contribution in [1.29, 1.82) is 0 Å². The van der Waals surface area contributed by atoms with Gasteiger partial charge in [0.1, 0.15) is 23.4 Å². The summed E-state index contributed by atoms with van der Waals surface area (Å²) in [5.41, 5.74) is 2.99. The van der Waals surface area contributed by atoms with Crippen LogP contribution in [0.3, 0.4) is 0 Å². The van der Waals surface area contributed by atoms with E-state index in [4.69, 9.17) is 0 Å². The lowest BCUT2D eigenvalue weighted by Gasteiger charge is -2.10. The molecule has 0 aromatic carbocycles. The van der Waals surface area contributed by atoms with E-state index in [1.54, 1.807) is 0 Å². The van der Waals surface area contributed by atoms with Crippen molar-refractivity contribution in [3.8, 4) is 0 Å². The monoisotopic (exact) mass is 469 g/mol. The fourth-order valence-electron chi connectivity index (χ4n) is 2.82. The zero-order valence-corrected chi connectivity index (χ0v) is 19.3. The highest BCUT2D eigenvalue weighted by atomic mass is 32.2. The normalized spacial score (nSPS) is 13.8. The topological polar surface area (TPSA) is 109 Å². The summed E-state index contributed by atoms with van der Waals surface area (Å²) in [4.78, 5) is 27.6. The van der Waals surface area contributed by atoms with E-state index < -0.39 is 0 Å². The molecule has 0 bridgehead atoms. The fraction of sp³-hybridized carbons (Fsp3) is 0.200. The van der Waals surface area contributed by atoms with E-state index >= 15 is 0 Å². The summed E-state index contributed by atoms with van der Waals surface area (Å²) in [7, 11) is 0. The second kappa shape index (κ2) is 10.0. The third-order valence-electron chi connectivity index (χ3n) is 4.29. The average Bonchev–Trinajstić information content (AvgIpc) is 3.43. The molecule has 0 unspecified atom stereocenters. The van der Waals surface area contributed by atoms with Crippen LogP contribution in [0.2, 0.25) is 0 Å². The number of carbonyl (C=O) groups is 1. The number of pyridine rings is 1. The molecule has 0 saturated heterocycles. The number of allylic oxidation sites excluding steroid dienone is 5. The highest BCUT2D eigenvalue weighted by molar-refractivity contribution is 8.03. The maximum atomic E-state index is 13.0. The zero-order valence-electron chi connectivity index (χ0n) is 16.8. The van der Waals surface area contributed by atoms with Crippen LogP contribution in [0.15, 0.2) is 74.1 Å². The number of thioether (sulfide) groups is 1. The van der Waals surface area contributed by atoms with Crippen LogP contribution in [-0.2, 0) is 0 Å². The van der Waals surface area contributed by atoms with Crippen LogP contribution in [0.1, 0.15) is 37.2 Å². The summed E-state index contributed by atoms with van der Waals surface area (Å²) in [6, 6.07) is 3.78. The van der Waals surface area contributed by atoms with Crippen molar-refractivity contribution in [2.24, 2.45) is 0 Å². The minimum absolute atomic E-state index is 0.321. The van der Waals surface area contributed by atoms with Gasteiger partial charge in [-0.2, -0.15) is 9.47 Å². The van der Waals surface area contributed by atoms with Crippen molar-refractivity contribution in [3.05, 3.63) is 64.8 Å². The van der Waals surface area contributed by atoms with Crippen LogP contribution < -0.4 is 5.32 Å². The van der Waals surface area contributed by atoms with Gasteiger partial charge in [-0.05, 0) is 55.8 Å². The van der Waals surface area contributed by atoms with Gasteiger partial charge < -0.3 is 0 Å². The third kappa shape index (κ3) is 5.69. The molecule has 0 spiro atoms. The fourth-order valence-corrected chi connectivity index (χ4v) is 4.90. The molecular formula is C20H19N7OS3. The second-order valence-electron chi connectivity index (χ2n) is 6.61. The minimum atomic E-state index is -0.333. The highest BCUT2D eigenvalue weighted by Gasteiger charge is 2.18. The molecule has 11 heteroatoms. The molecule has 2 N–H and O–H groups in total. The van der Waals surface area contributed by atoms with Crippen molar-refractivity contribution < 1.29 is 4.79 Å². The van der Waals surface area contributed by atoms with Crippen LogP contribution in [-0.4, -0.2) is 35.4 Å². The van der Waals surface area contributed by atoms with Gasteiger partial charge in [-0.3, -0.25) is 15.2 Å². The highest BCUT2D eigenvalue weighted by Crippen LogP contribution is 2.35. The van der Waals surface area contributed by atoms with Gasteiger partial charge in [0.2, 0.25) is 5.13 Å². The van der Waals surface area contributed by atoms with Gasteiger partial charge in [0.15, 0.2) is 5.16 Å². The Morgan fingerprint density at radius 2 is 2.13 bits per heavy atom. The van der Waals surface area contributed by atoms with Crippen LogP contribution in [0.25, 0.3) is 0 Å². The Kier molecular flexibility index (Phi) is 6.95. The molecule has 3 heterocycles. The number of carbonyl (C=O) groups excluding carboxylic acids is 1.